The number of carbonyl (C=O) groups excluding carboxylic acids is 1. The molecule has 0 saturated carbocycles. The third-order valence-electron chi connectivity index (χ3n) is 3.62. The van der Waals surface area contributed by atoms with Crippen LogP contribution in [0.15, 0.2) is 46.9 Å². The molecule has 0 radical (unpaired) electrons. The van der Waals surface area contributed by atoms with Crippen LogP contribution in [-0.4, -0.2) is 35.2 Å². The zero-order valence-corrected chi connectivity index (χ0v) is 14.3. The van der Waals surface area contributed by atoms with Crippen molar-refractivity contribution < 1.29 is 23.6 Å². The van der Waals surface area contributed by atoms with Crippen LogP contribution >= 0.6 is 0 Å². The predicted molar refractivity (Wildman–Crippen MR) is 93.9 cm³/mol. The first-order chi connectivity index (χ1) is 13.0. The minimum atomic E-state index is -0.547. The van der Waals surface area contributed by atoms with Gasteiger partial charge >= 0.3 is 6.01 Å². The first-order valence-electron chi connectivity index (χ1n) is 7.63. The zero-order chi connectivity index (χ0) is 19.4. The molecule has 1 aromatic heterocycles. The summed E-state index contributed by atoms with van der Waals surface area (Å²) >= 11 is 0. The van der Waals surface area contributed by atoms with Crippen LogP contribution in [0.25, 0.3) is 11.5 Å². The van der Waals surface area contributed by atoms with Crippen LogP contribution in [0.2, 0.25) is 0 Å². The molecular formula is C17H14N4O6. The lowest BCUT2D eigenvalue weighted by Gasteiger charge is -2.07. The van der Waals surface area contributed by atoms with Gasteiger partial charge in [0, 0.05) is 23.3 Å². The number of non-ortho nitro benzene ring substituents is 1. The highest BCUT2D eigenvalue weighted by atomic mass is 16.6. The van der Waals surface area contributed by atoms with Crippen molar-refractivity contribution in [1.82, 2.24) is 10.2 Å². The number of hydrogen-bond donors (Lipinski definition) is 1. The number of benzene rings is 2. The second-order valence-electron chi connectivity index (χ2n) is 5.24. The molecule has 1 heterocycles. The second kappa shape index (κ2) is 7.52. The van der Waals surface area contributed by atoms with Crippen molar-refractivity contribution in [3.8, 4) is 23.0 Å². The van der Waals surface area contributed by atoms with Crippen molar-refractivity contribution in [3.05, 3.63) is 58.1 Å². The normalized spacial score (nSPS) is 10.3. The van der Waals surface area contributed by atoms with E-state index in [0.29, 0.717) is 17.1 Å². The van der Waals surface area contributed by atoms with Gasteiger partial charge in [-0.05, 0) is 30.3 Å². The molecule has 0 saturated heterocycles. The maximum absolute atomic E-state index is 12.2. The van der Waals surface area contributed by atoms with E-state index in [2.05, 4.69) is 15.5 Å². The van der Waals surface area contributed by atoms with E-state index in [1.54, 1.807) is 18.2 Å². The topological polar surface area (TPSA) is 130 Å². The van der Waals surface area contributed by atoms with Crippen LogP contribution in [0.4, 0.5) is 11.7 Å². The standard InChI is InChI=1S/C17H14N4O6/c1-25-13-8-5-11(9-14(13)26-2)16-19-20-17(27-16)18-15(22)10-3-6-12(7-4-10)21(23)24/h3-9H,1-2H3,(H,18,20,22). The molecule has 2 aromatic carbocycles. The quantitative estimate of drug-likeness (QED) is 0.518. The summed E-state index contributed by atoms with van der Waals surface area (Å²) in [6.45, 7) is 0. The Balaban J connectivity index is 1.76. The average Bonchev–Trinajstić information content (AvgIpc) is 3.15. The van der Waals surface area contributed by atoms with Gasteiger partial charge in [0.2, 0.25) is 5.89 Å². The van der Waals surface area contributed by atoms with E-state index >= 15 is 0 Å². The van der Waals surface area contributed by atoms with Crippen molar-refractivity contribution in [2.24, 2.45) is 0 Å². The van der Waals surface area contributed by atoms with Crippen molar-refractivity contribution >= 4 is 17.6 Å². The van der Waals surface area contributed by atoms with Gasteiger partial charge in [-0.3, -0.25) is 20.2 Å². The zero-order valence-electron chi connectivity index (χ0n) is 14.3. The van der Waals surface area contributed by atoms with Crippen molar-refractivity contribution in [3.63, 3.8) is 0 Å². The molecule has 10 heteroatoms. The molecule has 0 fully saturated rings. The van der Waals surface area contributed by atoms with Gasteiger partial charge in [0.05, 0.1) is 19.1 Å². The molecule has 3 rings (SSSR count). The maximum Gasteiger partial charge on any atom is 0.322 e. The highest BCUT2D eigenvalue weighted by molar-refractivity contribution is 6.03. The van der Waals surface area contributed by atoms with Crippen molar-refractivity contribution in [1.29, 1.82) is 0 Å². The fraction of sp³-hybridized carbons (Fsp3) is 0.118. The van der Waals surface area contributed by atoms with Gasteiger partial charge in [-0.25, -0.2) is 0 Å². The molecule has 0 atom stereocenters. The van der Waals surface area contributed by atoms with Crippen LogP contribution in [-0.2, 0) is 0 Å². The molecule has 27 heavy (non-hydrogen) atoms. The summed E-state index contributed by atoms with van der Waals surface area (Å²) in [7, 11) is 3.03. The fourth-order valence-electron chi connectivity index (χ4n) is 2.26. The Kier molecular flexibility index (Phi) is 4.97. The Morgan fingerprint density at radius 3 is 2.41 bits per heavy atom. The van der Waals surface area contributed by atoms with Gasteiger partial charge in [-0.15, -0.1) is 5.10 Å². The number of hydrogen-bond acceptors (Lipinski definition) is 8. The summed E-state index contributed by atoms with van der Waals surface area (Å²) in [4.78, 5) is 22.3. The van der Waals surface area contributed by atoms with Gasteiger partial charge in [-0.1, -0.05) is 5.10 Å². The summed E-state index contributed by atoms with van der Waals surface area (Å²) in [6.07, 6.45) is 0. The Morgan fingerprint density at radius 1 is 1.07 bits per heavy atom. The number of ether oxygens (including phenoxy) is 2. The van der Waals surface area contributed by atoms with Gasteiger partial charge < -0.3 is 13.9 Å². The van der Waals surface area contributed by atoms with E-state index in [0.717, 1.165) is 0 Å². The van der Waals surface area contributed by atoms with Gasteiger partial charge in [0.1, 0.15) is 0 Å². The lowest BCUT2D eigenvalue weighted by molar-refractivity contribution is -0.384. The molecule has 0 unspecified atom stereocenters. The number of amides is 1. The summed E-state index contributed by atoms with van der Waals surface area (Å²) < 4.78 is 15.8. The summed E-state index contributed by atoms with van der Waals surface area (Å²) in [5.74, 6) is 0.680. The number of carbonyl (C=O) groups is 1. The molecule has 1 N–H and O–H groups in total. The molecular weight excluding hydrogens is 356 g/mol. The van der Waals surface area contributed by atoms with Gasteiger partial charge in [0.25, 0.3) is 11.6 Å². The maximum atomic E-state index is 12.2. The van der Waals surface area contributed by atoms with Crippen LogP contribution in [0, 0.1) is 10.1 Å². The molecule has 0 spiro atoms. The summed E-state index contributed by atoms with van der Waals surface area (Å²) in [6, 6.07) is 10.1. The third-order valence-corrected chi connectivity index (χ3v) is 3.62. The SMILES string of the molecule is COc1ccc(-c2nnc(NC(=O)c3ccc([N+](=O)[O-])cc3)o2)cc1OC. The average molecular weight is 370 g/mol. The number of aromatic nitrogens is 2. The Labute approximate surface area is 152 Å². The summed E-state index contributed by atoms with van der Waals surface area (Å²) in [5, 5.41) is 20.8. The van der Waals surface area contributed by atoms with Crippen molar-refractivity contribution in [2.45, 2.75) is 0 Å². The number of nitrogens with one attached hydrogen (secondary N) is 1. The lowest BCUT2D eigenvalue weighted by atomic mass is 10.2. The summed E-state index contributed by atoms with van der Waals surface area (Å²) in [5.41, 5.74) is 0.683. The number of nitro groups is 1. The number of nitro benzene ring substituents is 1. The molecule has 0 aliphatic rings. The second-order valence-corrected chi connectivity index (χ2v) is 5.24. The minimum Gasteiger partial charge on any atom is -0.493 e. The number of methoxy groups -OCH3 is 2. The van der Waals surface area contributed by atoms with Crippen LogP contribution in [0.3, 0.4) is 0 Å². The molecule has 10 nitrogen and oxygen atoms in total. The van der Waals surface area contributed by atoms with E-state index in [1.165, 1.54) is 38.5 Å². The first kappa shape index (κ1) is 17.9. The first-order valence-corrected chi connectivity index (χ1v) is 7.63. The van der Waals surface area contributed by atoms with Crippen LogP contribution in [0.5, 0.6) is 11.5 Å². The largest absolute Gasteiger partial charge is 0.493 e. The number of rotatable bonds is 6. The van der Waals surface area contributed by atoms with Crippen molar-refractivity contribution in [2.75, 3.05) is 19.5 Å². The Bertz CT molecular complexity index is 983. The molecule has 3 aromatic rings. The highest BCUT2D eigenvalue weighted by Gasteiger charge is 2.15. The lowest BCUT2D eigenvalue weighted by Crippen LogP contribution is -2.12. The number of anilines is 1. The molecule has 0 aliphatic carbocycles. The molecule has 1 amide bonds. The third kappa shape index (κ3) is 3.84. The van der Waals surface area contributed by atoms with E-state index in [1.807, 2.05) is 0 Å². The minimum absolute atomic E-state index is 0.108. The molecule has 0 bridgehead atoms. The van der Waals surface area contributed by atoms with E-state index in [-0.39, 0.29) is 23.2 Å². The Hall–Kier alpha value is -3.95. The van der Waals surface area contributed by atoms with E-state index in [4.69, 9.17) is 13.9 Å². The molecule has 0 aliphatic heterocycles. The molecule has 138 valence electrons. The van der Waals surface area contributed by atoms with E-state index < -0.39 is 10.8 Å². The highest BCUT2D eigenvalue weighted by Crippen LogP contribution is 2.32. The number of nitrogens with zero attached hydrogens (tertiary/aromatic N) is 3. The monoisotopic (exact) mass is 370 g/mol. The van der Waals surface area contributed by atoms with Gasteiger partial charge in [-0.2, -0.15) is 0 Å². The van der Waals surface area contributed by atoms with Crippen LogP contribution in [0.1, 0.15) is 10.4 Å². The fourth-order valence-corrected chi connectivity index (χ4v) is 2.26. The Morgan fingerprint density at radius 2 is 1.78 bits per heavy atom. The van der Waals surface area contributed by atoms with E-state index in [9.17, 15) is 14.9 Å². The van der Waals surface area contributed by atoms with Gasteiger partial charge in [0.15, 0.2) is 11.5 Å². The van der Waals surface area contributed by atoms with Crippen LogP contribution < -0.4 is 14.8 Å². The predicted octanol–water partition coefficient (Wildman–Crippen LogP) is 2.91. The smallest absolute Gasteiger partial charge is 0.322 e.